The van der Waals surface area contributed by atoms with E-state index in [1.54, 1.807) is 13.3 Å². The highest BCUT2D eigenvalue weighted by Crippen LogP contribution is 2.36. The van der Waals surface area contributed by atoms with Crippen LogP contribution in [0.3, 0.4) is 0 Å². The Morgan fingerprint density at radius 1 is 1.07 bits per heavy atom. The monoisotopic (exact) mass is 579 g/mol. The maximum atomic E-state index is 13.2. The predicted molar refractivity (Wildman–Crippen MR) is 153 cm³/mol. The summed E-state index contributed by atoms with van der Waals surface area (Å²) in [5, 5.41) is 6.04. The number of carbonyl (C=O) groups is 2. The first kappa shape index (κ1) is 29.2. The quantitative estimate of drug-likeness (QED) is 0.310. The van der Waals surface area contributed by atoms with Crippen LogP contribution < -0.4 is 15.4 Å². The van der Waals surface area contributed by atoms with Crippen molar-refractivity contribution in [2.75, 3.05) is 20.3 Å². The highest BCUT2D eigenvalue weighted by molar-refractivity contribution is 6.06. The highest BCUT2D eigenvalue weighted by atomic mass is 16.7. The second kappa shape index (κ2) is 12.7. The van der Waals surface area contributed by atoms with Gasteiger partial charge in [-0.2, -0.15) is 0 Å². The number of aromatic nitrogens is 3. The molecule has 0 saturated heterocycles. The molecule has 42 heavy (non-hydrogen) atoms. The minimum Gasteiger partial charge on any atom is -0.491 e. The summed E-state index contributed by atoms with van der Waals surface area (Å²) in [5.41, 5.74) is 2.20. The van der Waals surface area contributed by atoms with Crippen LogP contribution in [-0.4, -0.2) is 65.0 Å². The Hall–Kier alpha value is -4.32. The Balaban J connectivity index is 1.19. The molecule has 2 aliphatic rings. The van der Waals surface area contributed by atoms with Crippen LogP contribution >= 0.6 is 0 Å². The Morgan fingerprint density at radius 3 is 2.57 bits per heavy atom. The Labute approximate surface area is 244 Å². The molecule has 0 spiro atoms. The smallest absolute Gasteiger partial charge is 0.407 e. The zero-order chi connectivity index (χ0) is 29.7. The lowest BCUT2D eigenvalue weighted by atomic mass is 9.91. The molecule has 3 heterocycles. The van der Waals surface area contributed by atoms with Crippen LogP contribution in [0.15, 0.2) is 43.1 Å². The van der Waals surface area contributed by atoms with Gasteiger partial charge in [-0.15, -0.1) is 0 Å². The molecule has 2 aromatic heterocycles. The van der Waals surface area contributed by atoms with E-state index in [9.17, 15) is 9.59 Å². The molecule has 12 nitrogen and oxygen atoms in total. The topological polar surface area (TPSA) is 146 Å². The van der Waals surface area contributed by atoms with E-state index in [0.29, 0.717) is 47.0 Å². The third-order valence-electron chi connectivity index (χ3n) is 6.94. The third kappa shape index (κ3) is 7.11. The summed E-state index contributed by atoms with van der Waals surface area (Å²) in [6.07, 6.45) is 6.43. The number of fused-ring (bicyclic) bond motifs is 1. The lowest BCUT2D eigenvalue weighted by Gasteiger charge is -2.30. The van der Waals surface area contributed by atoms with Crippen LogP contribution in [-0.2, 0) is 18.9 Å². The third-order valence-corrected chi connectivity index (χ3v) is 6.94. The number of hydrogen-bond acceptors (Lipinski definition) is 9. The van der Waals surface area contributed by atoms with E-state index >= 15 is 0 Å². The molecule has 2 amide bonds. The van der Waals surface area contributed by atoms with Gasteiger partial charge in [-0.3, -0.25) is 4.79 Å². The van der Waals surface area contributed by atoms with Gasteiger partial charge < -0.3 is 39.3 Å². The molecule has 12 heteroatoms. The fourth-order valence-electron chi connectivity index (χ4n) is 4.97. The summed E-state index contributed by atoms with van der Waals surface area (Å²) >= 11 is 0. The molecular weight excluding hydrogens is 542 g/mol. The predicted octanol–water partition coefficient (Wildman–Crippen LogP) is 4.59. The van der Waals surface area contributed by atoms with Gasteiger partial charge in [-0.25, -0.2) is 14.8 Å². The van der Waals surface area contributed by atoms with Crippen molar-refractivity contribution in [2.24, 2.45) is 0 Å². The van der Waals surface area contributed by atoms with E-state index in [4.69, 9.17) is 23.7 Å². The van der Waals surface area contributed by atoms with Gasteiger partial charge in [0.15, 0.2) is 5.76 Å². The zero-order valence-corrected chi connectivity index (χ0v) is 24.3. The van der Waals surface area contributed by atoms with Gasteiger partial charge >= 0.3 is 6.09 Å². The number of amides is 2. The second-order valence-electron chi connectivity index (χ2n) is 11.3. The lowest BCUT2D eigenvalue weighted by molar-refractivity contribution is -0.0173. The maximum Gasteiger partial charge on any atom is 0.407 e. The van der Waals surface area contributed by atoms with E-state index in [1.165, 1.54) is 12.6 Å². The second-order valence-corrected chi connectivity index (χ2v) is 11.3. The molecule has 1 aliphatic heterocycles. The van der Waals surface area contributed by atoms with Crippen molar-refractivity contribution in [3.63, 3.8) is 0 Å². The molecule has 1 aliphatic carbocycles. The first-order valence-corrected chi connectivity index (χ1v) is 14.1. The fourth-order valence-corrected chi connectivity index (χ4v) is 4.97. The Bertz CT molecular complexity index is 1440. The molecule has 1 unspecified atom stereocenters. The van der Waals surface area contributed by atoms with Crippen molar-refractivity contribution < 1.29 is 33.3 Å². The molecule has 0 bridgehead atoms. The molecule has 0 radical (unpaired) electrons. The van der Waals surface area contributed by atoms with Gasteiger partial charge in [0.1, 0.15) is 41.8 Å². The van der Waals surface area contributed by atoms with E-state index < -0.39 is 18.0 Å². The highest BCUT2D eigenvalue weighted by Gasteiger charge is 2.29. The number of benzene rings is 1. The van der Waals surface area contributed by atoms with Gasteiger partial charge in [0.25, 0.3) is 12.2 Å². The SMILES string of the molecule is COCCOc1cccc(C2OC=C(c3ncnc4c(C(=O)NC5CCC(NC(=O)OC(C)(C)C)CC5)c[nH]c34)O2)c1. The van der Waals surface area contributed by atoms with E-state index in [1.807, 2.05) is 45.0 Å². The summed E-state index contributed by atoms with van der Waals surface area (Å²) in [6, 6.07) is 7.47. The van der Waals surface area contributed by atoms with E-state index in [2.05, 4.69) is 25.6 Å². The first-order chi connectivity index (χ1) is 20.2. The van der Waals surface area contributed by atoms with Crippen LogP contribution in [0.1, 0.15) is 74.4 Å². The first-order valence-electron chi connectivity index (χ1n) is 14.1. The van der Waals surface area contributed by atoms with Crippen molar-refractivity contribution in [3.05, 3.63) is 59.9 Å². The number of hydrogen-bond donors (Lipinski definition) is 3. The normalized spacial score (nSPS) is 20.3. The van der Waals surface area contributed by atoms with Crippen LogP contribution in [0.25, 0.3) is 16.8 Å². The van der Waals surface area contributed by atoms with Gasteiger partial charge in [0, 0.05) is 31.0 Å². The van der Waals surface area contributed by atoms with Crippen LogP contribution in [0.2, 0.25) is 0 Å². The van der Waals surface area contributed by atoms with Crippen molar-refractivity contribution in [1.82, 2.24) is 25.6 Å². The fraction of sp³-hybridized carbons (Fsp3) is 0.467. The van der Waals surface area contributed by atoms with E-state index in [0.717, 1.165) is 31.2 Å². The van der Waals surface area contributed by atoms with Crippen LogP contribution in [0, 0.1) is 0 Å². The van der Waals surface area contributed by atoms with Gasteiger partial charge in [-0.05, 0) is 58.6 Å². The molecule has 1 atom stereocenters. The molecule has 224 valence electrons. The van der Waals surface area contributed by atoms with Crippen LogP contribution in [0.5, 0.6) is 5.75 Å². The number of aromatic amines is 1. The van der Waals surface area contributed by atoms with Gasteiger partial charge in [0.05, 0.1) is 17.7 Å². The summed E-state index contributed by atoms with van der Waals surface area (Å²) < 4.78 is 28.0. The van der Waals surface area contributed by atoms with E-state index in [-0.39, 0.29) is 18.0 Å². The average molecular weight is 580 g/mol. The summed E-state index contributed by atoms with van der Waals surface area (Å²) in [4.78, 5) is 37.2. The molecule has 5 rings (SSSR count). The van der Waals surface area contributed by atoms with Crippen molar-refractivity contribution in [1.29, 1.82) is 0 Å². The van der Waals surface area contributed by atoms with Gasteiger partial charge in [0.2, 0.25) is 0 Å². The van der Waals surface area contributed by atoms with Gasteiger partial charge in [-0.1, -0.05) is 12.1 Å². The number of nitrogens with zero attached hydrogens (tertiary/aromatic N) is 2. The lowest BCUT2D eigenvalue weighted by Crippen LogP contribution is -2.45. The zero-order valence-electron chi connectivity index (χ0n) is 24.3. The summed E-state index contributed by atoms with van der Waals surface area (Å²) in [7, 11) is 1.62. The number of alkyl carbamates (subject to hydrolysis) is 1. The molecule has 3 aromatic rings. The number of carbonyl (C=O) groups excluding carboxylic acids is 2. The number of H-pyrrole nitrogens is 1. The number of rotatable bonds is 9. The number of methoxy groups -OCH3 is 1. The minimum atomic E-state index is -0.673. The Morgan fingerprint density at radius 2 is 1.83 bits per heavy atom. The Kier molecular flexibility index (Phi) is 8.81. The number of ether oxygens (including phenoxy) is 5. The molecule has 1 saturated carbocycles. The standard InChI is InChI=1S/C30H37N5O7/c1-30(2,3)42-29(37)35-20-10-8-19(9-11-20)34-27(36)22-15-31-26-24(22)32-17-33-25(26)23-16-40-28(41-23)18-6-5-7-21(14-18)39-13-12-38-4/h5-7,14-17,19-20,28,31H,8-13H2,1-4H3,(H,34,36)(H,35,37). The van der Waals surface area contributed by atoms with Crippen molar-refractivity contribution >= 4 is 28.8 Å². The molecule has 1 fully saturated rings. The minimum absolute atomic E-state index is 0.00952. The largest absolute Gasteiger partial charge is 0.491 e. The average Bonchev–Trinajstić information content (AvgIpc) is 3.61. The molecule has 3 N–H and O–H groups in total. The van der Waals surface area contributed by atoms with Crippen molar-refractivity contribution in [3.8, 4) is 5.75 Å². The van der Waals surface area contributed by atoms with Crippen molar-refractivity contribution in [2.45, 2.75) is 70.4 Å². The maximum absolute atomic E-state index is 13.2. The summed E-state index contributed by atoms with van der Waals surface area (Å²) in [6.45, 7) is 6.43. The summed E-state index contributed by atoms with van der Waals surface area (Å²) in [5.74, 6) is 0.875. The molecular formula is C30H37N5O7. The molecule has 1 aromatic carbocycles. The number of nitrogens with one attached hydrogen (secondary N) is 3. The van der Waals surface area contributed by atoms with Crippen LogP contribution in [0.4, 0.5) is 4.79 Å².